The molecule has 16 heavy (non-hydrogen) atoms. The zero-order valence-electron chi connectivity index (χ0n) is 9.95. The number of rotatable bonds is 4. The first-order valence-corrected chi connectivity index (χ1v) is 6.70. The Labute approximate surface area is 97.6 Å². The van der Waals surface area contributed by atoms with Crippen molar-refractivity contribution in [1.82, 2.24) is 5.32 Å². The molecule has 0 aliphatic heterocycles. The minimum absolute atomic E-state index is 0.186. The molecule has 2 aliphatic rings. The van der Waals surface area contributed by atoms with E-state index in [1.807, 2.05) is 0 Å². The number of aliphatic hydroxyl groups excluding tert-OH is 1. The Hall–Kier alpha value is -0.570. The molecule has 0 aromatic carbocycles. The van der Waals surface area contributed by atoms with Crippen LogP contribution in [0.1, 0.15) is 51.4 Å². The third-order valence-electron chi connectivity index (χ3n) is 4.13. The Balaban J connectivity index is 1.63. The number of hydrogen-bond donors (Lipinski definition) is 2. The molecule has 0 aromatic heterocycles. The summed E-state index contributed by atoms with van der Waals surface area (Å²) in [6.45, 7) is 0.673. The standard InChI is InChI=1S/C13H23NO2/c15-12-7-3-6-11(12)9-14-13(16)8-10-4-1-2-5-10/h10-12,15H,1-9H2,(H,14,16). The van der Waals surface area contributed by atoms with Crippen LogP contribution in [0.3, 0.4) is 0 Å². The smallest absolute Gasteiger partial charge is 0.220 e. The molecule has 0 aromatic rings. The van der Waals surface area contributed by atoms with Crippen molar-refractivity contribution in [3.8, 4) is 0 Å². The fourth-order valence-electron chi connectivity index (χ4n) is 3.05. The summed E-state index contributed by atoms with van der Waals surface area (Å²) in [6, 6.07) is 0. The van der Waals surface area contributed by atoms with Crippen LogP contribution in [-0.2, 0) is 4.79 Å². The second-order valence-electron chi connectivity index (χ2n) is 5.42. The second-order valence-corrected chi connectivity index (χ2v) is 5.42. The maximum Gasteiger partial charge on any atom is 0.220 e. The zero-order chi connectivity index (χ0) is 11.4. The molecule has 2 aliphatic carbocycles. The van der Waals surface area contributed by atoms with Gasteiger partial charge in [-0.2, -0.15) is 0 Å². The molecule has 0 heterocycles. The van der Waals surface area contributed by atoms with Gasteiger partial charge in [-0.15, -0.1) is 0 Å². The number of amides is 1. The molecule has 2 N–H and O–H groups in total. The molecule has 0 spiro atoms. The molecule has 0 bridgehead atoms. The van der Waals surface area contributed by atoms with E-state index in [1.165, 1.54) is 25.7 Å². The Morgan fingerprint density at radius 2 is 1.88 bits per heavy atom. The summed E-state index contributed by atoms with van der Waals surface area (Å²) in [5, 5.41) is 12.6. The number of nitrogens with one attached hydrogen (secondary N) is 1. The van der Waals surface area contributed by atoms with Gasteiger partial charge in [0.1, 0.15) is 0 Å². The highest BCUT2D eigenvalue weighted by atomic mass is 16.3. The van der Waals surface area contributed by atoms with Gasteiger partial charge in [0.25, 0.3) is 0 Å². The lowest BCUT2D eigenvalue weighted by atomic mass is 10.0. The highest BCUT2D eigenvalue weighted by Crippen LogP contribution is 2.28. The van der Waals surface area contributed by atoms with Crippen molar-refractivity contribution in [3.63, 3.8) is 0 Å². The Bertz CT molecular complexity index is 236. The molecule has 3 nitrogen and oxygen atoms in total. The van der Waals surface area contributed by atoms with E-state index in [0.717, 1.165) is 19.3 Å². The van der Waals surface area contributed by atoms with Gasteiger partial charge in [0, 0.05) is 18.9 Å². The lowest BCUT2D eigenvalue weighted by Gasteiger charge is -2.16. The number of aliphatic hydroxyl groups is 1. The van der Waals surface area contributed by atoms with E-state index in [0.29, 0.717) is 24.8 Å². The maximum atomic E-state index is 11.7. The van der Waals surface area contributed by atoms with E-state index in [-0.39, 0.29) is 12.0 Å². The Kier molecular flexibility index (Phi) is 4.22. The lowest BCUT2D eigenvalue weighted by molar-refractivity contribution is -0.122. The normalized spacial score (nSPS) is 30.8. The first-order valence-electron chi connectivity index (χ1n) is 6.70. The largest absolute Gasteiger partial charge is 0.393 e. The van der Waals surface area contributed by atoms with Crippen LogP contribution in [0, 0.1) is 11.8 Å². The third kappa shape index (κ3) is 3.21. The minimum Gasteiger partial charge on any atom is -0.393 e. The summed E-state index contributed by atoms with van der Waals surface area (Å²) in [4.78, 5) is 11.7. The topological polar surface area (TPSA) is 49.3 Å². The van der Waals surface area contributed by atoms with Gasteiger partial charge in [-0.3, -0.25) is 4.79 Å². The molecular weight excluding hydrogens is 202 g/mol. The van der Waals surface area contributed by atoms with Crippen LogP contribution in [-0.4, -0.2) is 23.7 Å². The SMILES string of the molecule is O=C(CC1CCCC1)NCC1CCCC1O. The van der Waals surface area contributed by atoms with E-state index in [1.54, 1.807) is 0 Å². The second kappa shape index (κ2) is 5.67. The van der Waals surface area contributed by atoms with Gasteiger partial charge in [-0.25, -0.2) is 0 Å². The monoisotopic (exact) mass is 225 g/mol. The van der Waals surface area contributed by atoms with Crippen LogP contribution in [0.4, 0.5) is 0 Å². The van der Waals surface area contributed by atoms with E-state index in [4.69, 9.17) is 0 Å². The fourth-order valence-corrected chi connectivity index (χ4v) is 3.05. The molecule has 0 radical (unpaired) electrons. The van der Waals surface area contributed by atoms with Crippen molar-refractivity contribution in [1.29, 1.82) is 0 Å². The third-order valence-corrected chi connectivity index (χ3v) is 4.13. The molecule has 2 fully saturated rings. The average Bonchev–Trinajstić information content (AvgIpc) is 2.87. The minimum atomic E-state index is -0.188. The van der Waals surface area contributed by atoms with Gasteiger partial charge in [-0.1, -0.05) is 19.3 Å². The number of carbonyl (C=O) groups is 1. The van der Waals surface area contributed by atoms with Crippen molar-refractivity contribution < 1.29 is 9.90 Å². The summed E-state index contributed by atoms with van der Waals surface area (Å²) in [7, 11) is 0. The molecule has 2 saturated carbocycles. The summed E-state index contributed by atoms with van der Waals surface area (Å²) < 4.78 is 0. The molecule has 2 rings (SSSR count). The van der Waals surface area contributed by atoms with Crippen molar-refractivity contribution in [2.24, 2.45) is 11.8 Å². The zero-order valence-corrected chi connectivity index (χ0v) is 9.95. The van der Waals surface area contributed by atoms with E-state index in [2.05, 4.69) is 5.32 Å². The van der Waals surface area contributed by atoms with Crippen LogP contribution < -0.4 is 5.32 Å². The molecule has 2 atom stereocenters. The Morgan fingerprint density at radius 1 is 1.12 bits per heavy atom. The quantitative estimate of drug-likeness (QED) is 0.767. The van der Waals surface area contributed by atoms with E-state index in [9.17, 15) is 9.90 Å². The molecule has 2 unspecified atom stereocenters. The van der Waals surface area contributed by atoms with Crippen LogP contribution in [0.2, 0.25) is 0 Å². The van der Waals surface area contributed by atoms with Gasteiger partial charge in [0.05, 0.1) is 6.10 Å². The average molecular weight is 225 g/mol. The fraction of sp³-hybridized carbons (Fsp3) is 0.923. The van der Waals surface area contributed by atoms with Crippen molar-refractivity contribution in [2.45, 2.75) is 57.5 Å². The van der Waals surface area contributed by atoms with Gasteiger partial charge in [0.15, 0.2) is 0 Å². The van der Waals surface area contributed by atoms with E-state index >= 15 is 0 Å². The highest BCUT2D eigenvalue weighted by molar-refractivity contribution is 5.76. The molecule has 0 saturated heterocycles. The predicted molar refractivity (Wildman–Crippen MR) is 62.9 cm³/mol. The maximum absolute atomic E-state index is 11.7. The van der Waals surface area contributed by atoms with Crippen LogP contribution in [0.5, 0.6) is 0 Å². The van der Waals surface area contributed by atoms with Crippen LogP contribution in [0.15, 0.2) is 0 Å². The predicted octanol–water partition coefficient (Wildman–Crippen LogP) is 1.84. The van der Waals surface area contributed by atoms with E-state index < -0.39 is 0 Å². The van der Waals surface area contributed by atoms with Gasteiger partial charge >= 0.3 is 0 Å². The first-order chi connectivity index (χ1) is 7.75. The van der Waals surface area contributed by atoms with Crippen molar-refractivity contribution in [2.75, 3.05) is 6.54 Å². The van der Waals surface area contributed by atoms with Crippen molar-refractivity contribution in [3.05, 3.63) is 0 Å². The van der Waals surface area contributed by atoms with Crippen molar-refractivity contribution >= 4 is 5.91 Å². The highest BCUT2D eigenvalue weighted by Gasteiger charge is 2.26. The summed E-state index contributed by atoms with van der Waals surface area (Å²) in [5.41, 5.74) is 0. The summed E-state index contributed by atoms with van der Waals surface area (Å²) in [5.74, 6) is 1.10. The van der Waals surface area contributed by atoms with Gasteiger partial charge in [-0.05, 0) is 31.6 Å². The molecule has 3 heteroatoms. The van der Waals surface area contributed by atoms with Gasteiger partial charge < -0.3 is 10.4 Å². The Morgan fingerprint density at radius 3 is 2.50 bits per heavy atom. The number of carbonyl (C=O) groups excluding carboxylic acids is 1. The lowest BCUT2D eigenvalue weighted by Crippen LogP contribution is -2.33. The van der Waals surface area contributed by atoms with Crippen LogP contribution in [0.25, 0.3) is 0 Å². The summed E-state index contributed by atoms with van der Waals surface area (Å²) in [6.07, 6.45) is 8.60. The first kappa shape index (κ1) is 11.9. The number of hydrogen-bond acceptors (Lipinski definition) is 2. The molecule has 1 amide bonds. The molecular formula is C13H23NO2. The molecule has 92 valence electrons. The van der Waals surface area contributed by atoms with Gasteiger partial charge in [0.2, 0.25) is 5.91 Å². The summed E-state index contributed by atoms with van der Waals surface area (Å²) >= 11 is 0. The van der Waals surface area contributed by atoms with Crippen LogP contribution >= 0.6 is 0 Å².